The Morgan fingerprint density at radius 2 is 1.62 bits per heavy atom. The average Bonchev–Trinajstić information content (AvgIpc) is 2.78. The van der Waals surface area contributed by atoms with Crippen LogP contribution in [-0.2, 0) is 4.74 Å². The molecular formula is C22H24O10. The predicted octanol–water partition coefficient (Wildman–Crippen LogP) is 0.284. The molecule has 2 aliphatic heterocycles. The highest BCUT2D eigenvalue weighted by Crippen LogP contribution is 2.42. The molecule has 7 unspecified atom stereocenters. The highest BCUT2D eigenvalue weighted by molar-refractivity contribution is 6.05. The number of carbonyl (C=O) groups is 1. The van der Waals surface area contributed by atoms with Crippen molar-refractivity contribution in [3.63, 3.8) is 0 Å². The van der Waals surface area contributed by atoms with E-state index in [9.17, 15) is 30.3 Å². The number of carbonyl (C=O) groups excluding carboxylic acids is 1. The monoisotopic (exact) mass is 448 g/mol. The topological polar surface area (TPSA) is 155 Å². The smallest absolute Gasteiger partial charge is 0.229 e. The van der Waals surface area contributed by atoms with Crippen LogP contribution in [0.1, 0.15) is 28.9 Å². The number of aliphatic hydroxyl groups excluding tert-OH is 4. The number of ether oxygens (including phenoxy) is 4. The molecule has 32 heavy (non-hydrogen) atoms. The van der Waals surface area contributed by atoms with Gasteiger partial charge in [-0.25, -0.2) is 0 Å². The maximum absolute atomic E-state index is 12.7. The molecule has 0 spiro atoms. The van der Waals surface area contributed by atoms with Gasteiger partial charge in [0.05, 0.1) is 13.2 Å². The molecule has 0 saturated carbocycles. The van der Waals surface area contributed by atoms with E-state index in [0.717, 1.165) is 6.07 Å². The summed E-state index contributed by atoms with van der Waals surface area (Å²) in [5, 5.41) is 50.8. The van der Waals surface area contributed by atoms with Gasteiger partial charge in [-0.2, -0.15) is 0 Å². The molecule has 2 aliphatic rings. The minimum Gasteiger partial charge on any atom is -0.507 e. The van der Waals surface area contributed by atoms with Crippen molar-refractivity contribution in [3.8, 4) is 23.0 Å². The molecule has 0 amide bonds. The quantitative estimate of drug-likeness (QED) is 0.441. The molecule has 2 heterocycles. The van der Waals surface area contributed by atoms with Gasteiger partial charge in [0, 0.05) is 12.1 Å². The maximum atomic E-state index is 12.7. The molecule has 10 heteroatoms. The van der Waals surface area contributed by atoms with E-state index in [1.54, 1.807) is 24.3 Å². The molecule has 2 aromatic rings. The van der Waals surface area contributed by atoms with Crippen LogP contribution in [0.5, 0.6) is 23.0 Å². The molecule has 0 aliphatic carbocycles. The first-order chi connectivity index (χ1) is 15.2. The summed E-state index contributed by atoms with van der Waals surface area (Å²) in [7, 11) is 1.51. The second-order valence-corrected chi connectivity index (χ2v) is 7.74. The van der Waals surface area contributed by atoms with Crippen LogP contribution in [0.3, 0.4) is 0 Å². The molecule has 0 bridgehead atoms. The number of phenols is 1. The van der Waals surface area contributed by atoms with Crippen molar-refractivity contribution in [1.82, 2.24) is 0 Å². The minimum atomic E-state index is -1.56. The lowest BCUT2D eigenvalue weighted by molar-refractivity contribution is -0.268. The van der Waals surface area contributed by atoms with Crippen molar-refractivity contribution in [1.29, 1.82) is 0 Å². The number of methoxy groups -OCH3 is 1. The van der Waals surface area contributed by atoms with Gasteiger partial charge in [0.2, 0.25) is 12.1 Å². The Morgan fingerprint density at radius 1 is 0.938 bits per heavy atom. The van der Waals surface area contributed by atoms with Crippen LogP contribution >= 0.6 is 0 Å². The van der Waals surface area contributed by atoms with E-state index in [-0.39, 0.29) is 17.1 Å². The SMILES string of the molecule is COc1ccc(C2Oc3cc(OC4OC(C)C(O)C(O)C4O)cc(O)c3C(=O)C2O)cc1. The standard InChI is InChI=1S/C22H24O10/c1-9-16(24)18(26)20(28)22(30-9)31-12-7-13(23)15-14(8-12)32-21(19(27)17(15)25)10-3-5-11(29-2)6-4-10/h3-9,16,18-24,26-28H,1-2H3. The Labute approximate surface area is 183 Å². The molecule has 2 aromatic carbocycles. The maximum Gasteiger partial charge on any atom is 0.229 e. The van der Waals surface area contributed by atoms with Crippen LogP contribution < -0.4 is 14.2 Å². The van der Waals surface area contributed by atoms with Crippen molar-refractivity contribution in [2.75, 3.05) is 7.11 Å². The predicted molar refractivity (Wildman–Crippen MR) is 108 cm³/mol. The summed E-state index contributed by atoms with van der Waals surface area (Å²) in [6.07, 6.45) is -9.11. The number of hydrogen-bond acceptors (Lipinski definition) is 10. The number of aromatic hydroxyl groups is 1. The molecular weight excluding hydrogens is 424 g/mol. The number of hydrogen-bond donors (Lipinski definition) is 5. The van der Waals surface area contributed by atoms with Crippen LogP contribution in [0.2, 0.25) is 0 Å². The molecule has 0 radical (unpaired) electrons. The Kier molecular flexibility index (Phi) is 5.97. The summed E-state index contributed by atoms with van der Waals surface area (Å²) in [5.74, 6) is -0.675. The molecule has 0 aromatic heterocycles. The normalized spacial score (nSPS) is 32.1. The summed E-state index contributed by atoms with van der Waals surface area (Å²) >= 11 is 0. The number of benzene rings is 2. The third kappa shape index (κ3) is 3.87. The zero-order valence-corrected chi connectivity index (χ0v) is 17.3. The van der Waals surface area contributed by atoms with Crippen LogP contribution in [0.15, 0.2) is 36.4 Å². The molecule has 1 fully saturated rings. The first-order valence-corrected chi connectivity index (χ1v) is 9.97. The fraction of sp³-hybridized carbons (Fsp3) is 0.409. The fourth-order valence-corrected chi connectivity index (χ4v) is 3.76. The fourth-order valence-electron chi connectivity index (χ4n) is 3.76. The van der Waals surface area contributed by atoms with Gasteiger partial charge in [0.1, 0.15) is 46.9 Å². The summed E-state index contributed by atoms with van der Waals surface area (Å²) in [6.45, 7) is 1.50. The molecule has 7 atom stereocenters. The Hall–Kier alpha value is -2.89. The lowest BCUT2D eigenvalue weighted by Crippen LogP contribution is -2.58. The van der Waals surface area contributed by atoms with Crippen LogP contribution in [-0.4, -0.2) is 75.2 Å². The molecule has 5 N–H and O–H groups in total. The number of Topliss-reactive ketones (excluding diaryl/α,β-unsaturated/α-hetero) is 1. The van der Waals surface area contributed by atoms with Gasteiger partial charge in [-0.3, -0.25) is 4.79 Å². The van der Waals surface area contributed by atoms with E-state index < -0.39 is 54.4 Å². The zero-order chi connectivity index (χ0) is 23.2. The first kappa shape index (κ1) is 22.3. The number of aliphatic hydroxyl groups is 4. The Balaban J connectivity index is 1.62. The Morgan fingerprint density at radius 3 is 2.28 bits per heavy atom. The highest BCUT2D eigenvalue weighted by Gasteiger charge is 2.44. The number of rotatable bonds is 4. The molecule has 1 saturated heterocycles. The lowest BCUT2D eigenvalue weighted by Gasteiger charge is -2.39. The van der Waals surface area contributed by atoms with Crippen LogP contribution in [0.4, 0.5) is 0 Å². The molecule has 10 nitrogen and oxygen atoms in total. The van der Waals surface area contributed by atoms with Gasteiger partial charge in [-0.05, 0) is 24.6 Å². The van der Waals surface area contributed by atoms with Gasteiger partial charge in [-0.1, -0.05) is 12.1 Å². The summed E-state index contributed by atoms with van der Waals surface area (Å²) in [4.78, 5) is 12.7. The third-order valence-corrected chi connectivity index (χ3v) is 5.62. The minimum absolute atomic E-state index is 0.0150. The molecule has 172 valence electrons. The molecule has 4 rings (SSSR count). The van der Waals surface area contributed by atoms with Gasteiger partial charge in [-0.15, -0.1) is 0 Å². The van der Waals surface area contributed by atoms with Crippen LogP contribution in [0.25, 0.3) is 0 Å². The van der Waals surface area contributed by atoms with E-state index in [0.29, 0.717) is 11.3 Å². The van der Waals surface area contributed by atoms with Crippen molar-refractivity contribution < 1.29 is 49.3 Å². The van der Waals surface area contributed by atoms with Gasteiger partial charge in [0.25, 0.3) is 0 Å². The Bertz CT molecular complexity index is 991. The number of phenolic OH excluding ortho intramolecular Hbond substituents is 1. The van der Waals surface area contributed by atoms with Crippen molar-refractivity contribution in [2.45, 2.75) is 49.8 Å². The van der Waals surface area contributed by atoms with Crippen molar-refractivity contribution >= 4 is 5.78 Å². The summed E-state index contributed by atoms with van der Waals surface area (Å²) in [5.41, 5.74) is 0.309. The van der Waals surface area contributed by atoms with Crippen LogP contribution in [0, 0.1) is 0 Å². The van der Waals surface area contributed by atoms with E-state index in [1.807, 2.05) is 0 Å². The highest BCUT2D eigenvalue weighted by atomic mass is 16.7. The van der Waals surface area contributed by atoms with Crippen molar-refractivity contribution in [3.05, 3.63) is 47.5 Å². The number of fused-ring (bicyclic) bond motifs is 1. The van der Waals surface area contributed by atoms with Gasteiger partial charge >= 0.3 is 0 Å². The second kappa shape index (κ2) is 8.57. The van der Waals surface area contributed by atoms with E-state index in [4.69, 9.17) is 18.9 Å². The summed E-state index contributed by atoms with van der Waals surface area (Å²) in [6, 6.07) is 9.03. The zero-order valence-electron chi connectivity index (χ0n) is 17.3. The number of ketones is 1. The lowest BCUT2D eigenvalue weighted by atomic mass is 9.93. The first-order valence-electron chi connectivity index (χ1n) is 9.97. The largest absolute Gasteiger partial charge is 0.507 e. The average molecular weight is 448 g/mol. The second-order valence-electron chi connectivity index (χ2n) is 7.74. The van der Waals surface area contributed by atoms with E-state index in [2.05, 4.69) is 0 Å². The van der Waals surface area contributed by atoms with Gasteiger partial charge in [0.15, 0.2) is 12.2 Å². The van der Waals surface area contributed by atoms with Crippen molar-refractivity contribution in [2.24, 2.45) is 0 Å². The third-order valence-electron chi connectivity index (χ3n) is 5.62. The summed E-state index contributed by atoms with van der Waals surface area (Å²) < 4.78 is 21.9. The van der Waals surface area contributed by atoms with Gasteiger partial charge < -0.3 is 44.5 Å². The van der Waals surface area contributed by atoms with E-state index >= 15 is 0 Å². The van der Waals surface area contributed by atoms with E-state index in [1.165, 1.54) is 20.1 Å².